The highest BCUT2D eigenvalue weighted by Crippen LogP contribution is 2.30. The molecule has 0 bridgehead atoms. The van der Waals surface area contributed by atoms with E-state index in [9.17, 15) is 9.59 Å². The summed E-state index contributed by atoms with van der Waals surface area (Å²) in [6.45, 7) is 2.24. The summed E-state index contributed by atoms with van der Waals surface area (Å²) in [4.78, 5) is 24.7. The molecule has 0 fully saturated rings. The number of hydrogen-bond donors (Lipinski definition) is 1. The average molecular weight is 418 g/mol. The van der Waals surface area contributed by atoms with Crippen LogP contribution in [-0.2, 0) is 27.2 Å². The lowest BCUT2D eigenvalue weighted by Crippen LogP contribution is -2.39. The molecule has 1 amide bonds. The highest BCUT2D eigenvalue weighted by atomic mass is 35.5. The second kappa shape index (κ2) is 9.65. The maximum atomic E-state index is 12.4. The predicted molar refractivity (Wildman–Crippen MR) is 109 cm³/mol. The van der Waals surface area contributed by atoms with Crippen LogP contribution in [0.2, 0.25) is 5.02 Å². The van der Waals surface area contributed by atoms with Crippen LogP contribution >= 0.6 is 11.6 Å². The van der Waals surface area contributed by atoms with Crippen molar-refractivity contribution in [3.8, 4) is 11.5 Å². The first kappa shape index (κ1) is 21.0. The van der Waals surface area contributed by atoms with Crippen molar-refractivity contribution in [1.29, 1.82) is 0 Å². The van der Waals surface area contributed by atoms with Gasteiger partial charge in [-0.15, -0.1) is 0 Å². The number of carbonyl (C=O) groups excluding carboxylic acids is 2. The molecule has 0 saturated carbocycles. The van der Waals surface area contributed by atoms with Gasteiger partial charge >= 0.3 is 5.97 Å². The standard InChI is InChI=1S/C22H24ClNO5/c1-14(21(25)24-10-9-15-3-6-19(27-2)7-4-15)29-22(26)17-11-16-12-18(23)5-8-20(16)28-13-17/h3-8,12,14,17H,9-11,13H2,1-2H3,(H,24,25)/t14-,17-/m1/s1. The lowest BCUT2D eigenvalue weighted by atomic mass is 9.97. The molecule has 1 aliphatic rings. The first-order chi connectivity index (χ1) is 14.0. The third-order valence-electron chi connectivity index (χ3n) is 4.80. The molecule has 0 aliphatic carbocycles. The van der Waals surface area contributed by atoms with Crippen molar-refractivity contribution in [2.24, 2.45) is 5.92 Å². The van der Waals surface area contributed by atoms with Crippen LogP contribution in [0, 0.1) is 5.92 Å². The van der Waals surface area contributed by atoms with Gasteiger partial charge in [-0.05, 0) is 61.2 Å². The number of nitrogens with one attached hydrogen (secondary N) is 1. The molecule has 2 aromatic carbocycles. The molecule has 2 atom stereocenters. The van der Waals surface area contributed by atoms with Crippen LogP contribution in [0.15, 0.2) is 42.5 Å². The van der Waals surface area contributed by atoms with Gasteiger partial charge in [-0.2, -0.15) is 0 Å². The van der Waals surface area contributed by atoms with E-state index in [1.807, 2.05) is 24.3 Å². The van der Waals surface area contributed by atoms with E-state index < -0.39 is 18.0 Å². The van der Waals surface area contributed by atoms with Crippen molar-refractivity contribution >= 4 is 23.5 Å². The van der Waals surface area contributed by atoms with E-state index in [1.54, 1.807) is 32.2 Å². The van der Waals surface area contributed by atoms with Gasteiger partial charge in [0.15, 0.2) is 6.10 Å². The van der Waals surface area contributed by atoms with Crippen LogP contribution in [0.3, 0.4) is 0 Å². The van der Waals surface area contributed by atoms with Gasteiger partial charge in [-0.3, -0.25) is 9.59 Å². The monoisotopic (exact) mass is 417 g/mol. The number of ether oxygens (including phenoxy) is 3. The summed E-state index contributed by atoms with van der Waals surface area (Å²) >= 11 is 6.01. The maximum Gasteiger partial charge on any atom is 0.313 e. The minimum Gasteiger partial charge on any atom is -0.497 e. The molecule has 1 heterocycles. The Morgan fingerprint density at radius 3 is 2.72 bits per heavy atom. The van der Waals surface area contributed by atoms with E-state index in [2.05, 4.69) is 5.32 Å². The number of benzene rings is 2. The number of carbonyl (C=O) groups is 2. The van der Waals surface area contributed by atoms with Crippen molar-refractivity contribution < 1.29 is 23.8 Å². The van der Waals surface area contributed by atoms with Gasteiger partial charge in [0.2, 0.25) is 0 Å². The highest BCUT2D eigenvalue weighted by molar-refractivity contribution is 6.30. The lowest BCUT2D eigenvalue weighted by molar-refractivity contribution is -0.160. The SMILES string of the molecule is COc1ccc(CCNC(=O)[C@@H](C)OC(=O)[C@H]2COc3ccc(Cl)cc3C2)cc1. The third kappa shape index (κ3) is 5.64. The van der Waals surface area contributed by atoms with Crippen molar-refractivity contribution in [2.75, 3.05) is 20.3 Å². The Kier molecular flexibility index (Phi) is 6.99. The number of esters is 1. The summed E-state index contributed by atoms with van der Waals surface area (Å²) in [5, 5.41) is 3.38. The molecule has 1 aliphatic heterocycles. The minimum absolute atomic E-state index is 0.222. The van der Waals surface area contributed by atoms with Gasteiger partial charge in [0.1, 0.15) is 18.1 Å². The topological polar surface area (TPSA) is 73.9 Å². The number of fused-ring (bicyclic) bond motifs is 1. The Morgan fingerprint density at radius 2 is 2.00 bits per heavy atom. The third-order valence-corrected chi connectivity index (χ3v) is 5.03. The number of methoxy groups -OCH3 is 1. The van der Waals surface area contributed by atoms with Crippen LogP contribution in [0.1, 0.15) is 18.1 Å². The zero-order valence-corrected chi connectivity index (χ0v) is 17.2. The second-order valence-electron chi connectivity index (χ2n) is 6.93. The molecule has 0 saturated heterocycles. The van der Waals surface area contributed by atoms with E-state index in [1.165, 1.54) is 0 Å². The Bertz CT molecular complexity index is 868. The fourth-order valence-electron chi connectivity index (χ4n) is 3.10. The van der Waals surface area contributed by atoms with E-state index in [0.29, 0.717) is 24.4 Å². The van der Waals surface area contributed by atoms with Gasteiger partial charge in [-0.25, -0.2) is 0 Å². The quantitative estimate of drug-likeness (QED) is 0.700. The molecular formula is C22H24ClNO5. The second-order valence-corrected chi connectivity index (χ2v) is 7.37. The van der Waals surface area contributed by atoms with Crippen LogP contribution < -0.4 is 14.8 Å². The lowest BCUT2D eigenvalue weighted by Gasteiger charge is -2.25. The van der Waals surface area contributed by atoms with Crippen LogP contribution in [0.4, 0.5) is 0 Å². The van der Waals surface area contributed by atoms with Crippen LogP contribution in [0.25, 0.3) is 0 Å². The van der Waals surface area contributed by atoms with Crippen molar-refractivity contribution in [1.82, 2.24) is 5.32 Å². The van der Waals surface area contributed by atoms with Gasteiger partial charge in [0, 0.05) is 11.6 Å². The number of amides is 1. The molecule has 0 radical (unpaired) electrons. The first-order valence-corrected chi connectivity index (χ1v) is 9.86. The molecule has 1 N–H and O–H groups in total. The number of hydrogen-bond acceptors (Lipinski definition) is 5. The van der Waals surface area contributed by atoms with Gasteiger partial charge in [0.25, 0.3) is 5.91 Å². The number of halogens is 1. The van der Waals surface area contributed by atoms with Gasteiger partial charge in [-0.1, -0.05) is 23.7 Å². The van der Waals surface area contributed by atoms with E-state index >= 15 is 0 Å². The molecule has 3 rings (SSSR count). The summed E-state index contributed by atoms with van der Waals surface area (Å²) in [5.74, 6) is 0.272. The molecule has 154 valence electrons. The van der Waals surface area contributed by atoms with Gasteiger partial charge < -0.3 is 19.5 Å². The number of rotatable bonds is 7. The summed E-state index contributed by atoms with van der Waals surface area (Å²) in [6.07, 6.45) is 0.268. The Labute approximate surface area is 175 Å². The van der Waals surface area contributed by atoms with Crippen LogP contribution in [-0.4, -0.2) is 38.2 Å². The smallest absolute Gasteiger partial charge is 0.313 e. The normalized spacial score (nSPS) is 16.2. The molecule has 0 unspecified atom stereocenters. The molecule has 29 heavy (non-hydrogen) atoms. The molecule has 0 aromatic heterocycles. The van der Waals surface area contributed by atoms with E-state index in [4.69, 9.17) is 25.8 Å². The molecular weight excluding hydrogens is 394 g/mol. The van der Waals surface area contributed by atoms with Crippen LogP contribution in [0.5, 0.6) is 11.5 Å². The zero-order valence-electron chi connectivity index (χ0n) is 16.4. The summed E-state index contributed by atoms with van der Waals surface area (Å²) < 4.78 is 16.1. The Balaban J connectivity index is 1.44. The van der Waals surface area contributed by atoms with E-state index in [0.717, 1.165) is 22.6 Å². The van der Waals surface area contributed by atoms with Crippen molar-refractivity contribution in [3.05, 3.63) is 58.6 Å². The average Bonchev–Trinajstić information content (AvgIpc) is 2.73. The molecule has 6 nitrogen and oxygen atoms in total. The zero-order chi connectivity index (χ0) is 20.8. The first-order valence-electron chi connectivity index (χ1n) is 9.48. The summed E-state index contributed by atoms with van der Waals surface area (Å²) in [6, 6.07) is 13.0. The fourth-order valence-corrected chi connectivity index (χ4v) is 3.30. The summed E-state index contributed by atoms with van der Waals surface area (Å²) in [5.41, 5.74) is 1.94. The molecule has 0 spiro atoms. The molecule has 7 heteroatoms. The highest BCUT2D eigenvalue weighted by Gasteiger charge is 2.29. The summed E-state index contributed by atoms with van der Waals surface area (Å²) in [7, 11) is 1.62. The predicted octanol–water partition coefficient (Wildman–Crippen LogP) is 3.19. The molecule has 2 aromatic rings. The maximum absolute atomic E-state index is 12.4. The van der Waals surface area contributed by atoms with E-state index in [-0.39, 0.29) is 12.5 Å². The Hall–Kier alpha value is -2.73. The van der Waals surface area contributed by atoms with Gasteiger partial charge in [0.05, 0.1) is 13.0 Å². The minimum atomic E-state index is -0.876. The largest absolute Gasteiger partial charge is 0.497 e. The van der Waals surface area contributed by atoms with Crippen molar-refractivity contribution in [3.63, 3.8) is 0 Å². The Morgan fingerprint density at radius 1 is 1.24 bits per heavy atom. The van der Waals surface area contributed by atoms with Crippen molar-refractivity contribution in [2.45, 2.75) is 25.9 Å². The fraction of sp³-hybridized carbons (Fsp3) is 0.364.